The number of nitrogens with zero attached hydrogens (tertiary/aromatic N) is 1. The summed E-state index contributed by atoms with van der Waals surface area (Å²) in [5.74, 6) is 0.851. The first-order chi connectivity index (χ1) is 8.75. The molecule has 1 aromatic carbocycles. The lowest BCUT2D eigenvalue weighted by atomic mass is 10.1. The van der Waals surface area contributed by atoms with Gasteiger partial charge in [-0.05, 0) is 43.1 Å². The van der Waals surface area contributed by atoms with Gasteiger partial charge in [-0.3, -0.25) is 0 Å². The lowest BCUT2D eigenvalue weighted by Crippen LogP contribution is -2.16. The van der Waals surface area contributed by atoms with Gasteiger partial charge in [0.1, 0.15) is 11.6 Å². The molecule has 2 aromatic rings. The number of hydrogen-bond acceptors (Lipinski definition) is 2. The Labute approximate surface area is 106 Å². The minimum absolute atomic E-state index is 0.172. The Morgan fingerprint density at radius 1 is 1.39 bits per heavy atom. The molecule has 0 saturated heterocycles. The van der Waals surface area contributed by atoms with E-state index in [2.05, 4.69) is 15.3 Å². The second kappa shape index (κ2) is 6.31. The van der Waals surface area contributed by atoms with Gasteiger partial charge in [-0.15, -0.1) is 0 Å². The molecule has 4 heteroatoms. The summed E-state index contributed by atoms with van der Waals surface area (Å²) in [6, 6.07) is 4.91. The van der Waals surface area contributed by atoms with Crippen molar-refractivity contribution < 1.29 is 4.39 Å². The van der Waals surface area contributed by atoms with Crippen LogP contribution in [0.5, 0.6) is 0 Å². The molecule has 0 amide bonds. The van der Waals surface area contributed by atoms with E-state index in [0.717, 1.165) is 42.9 Å². The summed E-state index contributed by atoms with van der Waals surface area (Å²) in [7, 11) is 0. The number of hydrogen-bond donors (Lipinski definition) is 2. The van der Waals surface area contributed by atoms with E-state index in [4.69, 9.17) is 0 Å². The zero-order valence-electron chi connectivity index (χ0n) is 10.5. The highest BCUT2D eigenvalue weighted by molar-refractivity contribution is 5.26. The number of nitrogens with one attached hydrogen (secondary N) is 2. The van der Waals surface area contributed by atoms with Crippen LogP contribution in [0, 0.1) is 12.7 Å². The molecule has 96 valence electrons. The van der Waals surface area contributed by atoms with Crippen LogP contribution < -0.4 is 5.32 Å². The Hall–Kier alpha value is -1.68. The largest absolute Gasteiger partial charge is 0.349 e. The fraction of sp³-hybridized carbons (Fsp3) is 0.357. The van der Waals surface area contributed by atoms with Gasteiger partial charge in [0, 0.05) is 25.4 Å². The van der Waals surface area contributed by atoms with Crippen LogP contribution in [-0.2, 0) is 13.0 Å². The lowest BCUT2D eigenvalue weighted by Gasteiger charge is -2.07. The molecule has 0 radical (unpaired) electrons. The molecule has 0 fully saturated rings. The maximum Gasteiger partial charge on any atom is 0.123 e. The second-order valence-electron chi connectivity index (χ2n) is 4.39. The smallest absolute Gasteiger partial charge is 0.123 e. The fourth-order valence-electron chi connectivity index (χ4n) is 1.90. The van der Waals surface area contributed by atoms with Crippen molar-refractivity contribution in [3.63, 3.8) is 0 Å². The third-order valence-corrected chi connectivity index (χ3v) is 2.94. The highest BCUT2D eigenvalue weighted by Gasteiger charge is 2.00. The molecule has 3 nitrogen and oxygen atoms in total. The Bertz CT molecular complexity index is 480. The molecule has 18 heavy (non-hydrogen) atoms. The quantitative estimate of drug-likeness (QED) is 0.770. The Balaban J connectivity index is 1.69. The average Bonchev–Trinajstić information content (AvgIpc) is 2.84. The zero-order chi connectivity index (χ0) is 12.8. The number of aryl methyl sites for hydroxylation is 2. The number of aromatic amines is 1. The number of aromatic nitrogens is 2. The second-order valence-corrected chi connectivity index (χ2v) is 4.39. The van der Waals surface area contributed by atoms with Gasteiger partial charge >= 0.3 is 0 Å². The highest BCUT2D eigenvalue weighted by atomic mass is 19.1. The first kappa shape index (κ1) is 12.8. The molecular formula is C14H18FN3. The van der Waals surface area contributed by atoms with Gasteiger partial charge in [0.05, 0.1) is 0 Å². The number of halogens is 1. The molecule has 0 unspecified atom stereocenters. The van der Waals surface area contributed by atoms with E-state index < -0.39 is 0 Å². The van der Waals surface area contributed by atoms with Gasteiger partial charge in [-0.2, -0.15) is 0 Å². The highest BCUT2D eigenvalue weighted by Crippen LogP contribution is 2.09. The maximum atomic E-state index is 12.9. The summed E-state index contributed by atoms with van der Waals surface area (Å²) in [6.07, 6.45) is 5.59. The SMILES string of the molecule is Cc1cc(F)ccc1CNCCCc1ncc[nH]1. The predicted molar refractivity (Wildman–Crippen MR) is 69.8 cm³/mol. The van der Waals surface area contributed by atoms with E-state index in [0.29, 0.717) is 0 Å². The van der Waals surface area contributed by atoms with E-state index in [9.17, 15) is 4.39 Å². The van der Waals surface area contributed by atoms with Crippen LogP contribution in [-0.4, -0.2) is 16.5 Å². The molecule has 0 aliphatic heterocycles. The standard InChI is InChI=1S/C14H18FN3/c1-11-9-13(15)5-4-12(11)10-16-6-2-3-14-17-7-8-18-14/h4-5,7-9,16H,2-3,6,10H2,1H3,(H,17,18). The normalized spacial score (nSPS) is 10.8. The summed E-state index contributed by atoms with van der Waals surface area (Å²) < 4.78 is 12.9. The number of benzene rings is 1. The van der Waals surface area contributed by atoms with Gasteiger partial charge in [-0.1, -0.05) is 6.07 Å². The minimum atomic E-state index is -0.172. The van der Waals surface area contributed by atoms with Gasteiger partial charge < -0.3 is 10.3 Å². The van der Waals surface area contributed by atoms with Crippen molar-refractivity contribution in [3.8, 4) is 0 Å². The number of imidazole rings is 1. The van der Waals surface area contributed by atoms with Crippen LogP contribution in [0.3, 0.4) is 0 Å². The molecule has 2 N–H and O–H groups in total. The Morgan fingerprint density at radius 3 is 3.00 bits per heavy atom. The molecule has 0 aliphatic carbocycles. The van der Waals surface area contributed by atoms with E-state index in [1.54, 1.807) is 12.3 Å². The fourth-order valence-corrected chi connectivity index (χ4v) is 1.90. The molecular weight excluding hydrogens is 229 g/mol. The van der Waals surface area contributed by atoms with E-state index in [1.165, 1.54) is 6.07 Å². The van der Waals surface area contributed by atoms with Crippen molar-refractivity contribution in [2.75, 3.05) is 6.54 Å². The Kier molecular flexibility index (Phi) is 4.47. The number of H-pyrrole nitrogens is 1. The molecule has 0 saturated carbocycles. The Morgan fingerprint density at radius 2 is 2.28 bits per heavy atom. The van der Waals surface area contributed by atoms with Crippen molar-refractivity contribution in [2.45, 2.75) is 26.3 Å². The lowest BCUT2D eigenvalue weighted by molar-refractivity contribution is 0.618. The molecule has 0 spiro atoms. The van der Waals surface area contributed by atoms with Crippen molar-refractivity contribution in [1.29, 1.82) is 0 Å². The molecule has 0 bridgehead atoms. The van der Waals surface area contributed by atoms with Crippen molar-refractivity contribution in [3.05, 3.63) is 53.4 Å². The van der Waals surface area contributed by atoms with Gasteiger partial charge in [-0.25, -0.2) is 9.37 Å². The molecule has 0 atom stereocenters. The maximum absolute atomic E-state index is 12.9. The van der Waals surface area contributed by atoms with Crippen molar-refractivity contribution in [2.24, 2.45) is 0 Å². The van der Waals surface area contributed by atoms with Crippen molar-refractivity contribution >= 4 is 0 Å². The summed E-state index contributed by atoms with van der Waals surface area (Å²) in [5.41, 5.74) is 2.14. The average molecular weight is 247 g/mol. The monoisotopic (exact) mass is 247 g/mol. The topological polar surface area (TPSA) is 40.7 Å². The van der Waals surface area contributed by atoms with Gasteiger partial charge in [0.25, 0.3) is 0 Å². The summed E-state index contributed by atoms with van der Waals surface area (Å²) in [5, 5.41) is 3.36. The number of rotatable bonds is 6. The predicted octanol–water partition coefficient (Wildman–Crippen LogP) is 2.58. The van der Waals surface area contributed by atoms with Gasteiger partial charge in [0.15, 0.2) is 0 Å². The summed E-state index contributed by atoms with van der Waals surface area (Å²) in [4.78, 5) is 7.25. The minimum Gasteiger partial charge on any atom is -0.349 e. The summed E-state index contributed by atoms with van der Waals surface area (Å²) in [6.45, 7) is 3.64. The third-order valence-electron chi connectivity index (χ3n) is 2.94. The van der Waals surface area contributed by atoms with Crippen LogP contribution in [0.1, 0.15) is 23.4 Å². The van der Waals surface area contributed by atoms with Crippen LogP contribution in [0.25, 0.3) is 0 Å². The van der Waals surface area contributed by atoms with Crippen molar-refractivity contribution in [1.82, 2.24) is 15.3 Å². The van der Waals surface area contributed by atoms with Crippen LogP contribution in [0.2, 0.25) is 0 Å². The van der Waals surface area contributed by atoms with E-state index >= 15 is 0 Å². The first-order valence-electron chi connectivity index (χ1n) is 6.20. The molecule has 1 heterocycles. The molecule has 0 aliphatic rings. The van der Waals surface area contributed by atoms with Crippen LogP contribution in [0.4, 0.5) is 4.39 Å². The van der Waals surface area contributed by atoms with Crippen LogP contribution >= 0.6 is 0 Å². The third kappa shape index (κ3) is 3.67. The van der Waals surface area contributed by atoms with E-state index in [1.807, 2.05) is 19.2 Å². The van der Waals surface area contributed by atoms with Crippen LogP contribution in [0.15, 0.2) is 30.6 Å². The molecule has 1 aromatic heterocycles. The zero-order valence-corrected chi connectivity index (χ0v) is 10.5. The van der Waals surface area contributed by atoms with Gasteiger partial charge in [0.2, 0.25) is 0 Å². The first-order valence-corrected chi connectivity index (χ1v) is 6.20. The summed E-state index contributed by atoms with van der Waals surface area (Å²) >= 11 is 0. The van der Waals surface area contributed by atoms with E-state index in [-0.39, 0.29) is 5.82 Å². The molecule has 2 rings (SSSR count).